The molecule has 1 aliphatic heterocycles. The molecule has 1 heterocycles. The van der Waals surface area contributed by atoms with Crippen LogP contribution < -0.4 is 0 Å². The van der Waals surface area contributed by atoms with E-state index in [4.69, 9.17) is 10.00 Å². The molecule has 8 nitrogen and oxygen atoms in total. The molecule has 1 aromatic rings. The molecule has 0 aromatic heterocycles. The van der Waals surface area contributed by atoms with Crippen LogP contribution in [0, 0.1) is 18.3 Å². The van der Waals surface area contributed by atoms with E-state index in [9.17, 15) is 18.0 Å². The zero-order chi connectivity index (χ0) is 20.0. The highest BCUT2D eigenvalue weighted by Crippen LogP contribution is 2.18. The SMILES string of the molecule is Cc1ccc(S(=O)(=O)N2CCN(C(=O)CCC(=O)O[C@@H](C)C#N)CC2)cc1. The van der Waals surface area contributed by atoms with Crippen LogP contribution in [-0.2, 0) is 24.3 Å². The first kappa shape index (κ1) is 20.9. The number of rotatable bonds is 6. The Morgan fingerprint density at radius 3 is 2.30 bits per heavy atom. The Balaban J connectivity index is 1.85. The molecule has 1 amide bonds. The smallest absolute Gasteiger partial charge is 0.307 e. The van der Waals surface area contributed by atoms with Crippen LogP contribution in [0.5, 0.6) is 0 Å². The highest BCUT2D eigenvalue weighted by Gasteiger charge is 2.30. The molecule has 1 aromatic carbocycles. The minimum atomic E-state index is -3.58. The van der Waals surface area contributed by atoms with Gasteiger partial charge in [-0.05, 0) is 26.0 Å². The number of nitrogens with zero attached hydrogens (tertiary/aromatic N) is 3. The number of piperazine rings is 1. The zero-order valence-electron chi connectivity index (χ0n) is 15.4. The maximum absolute atomic E-state index is 12.7. The molecule has 1 aliphatic rings. The zero-order valence-corrected chi connectivity index (χ0v) is 16.2. The van der Waals surface area contributed by atoms with Crippen LogP contribution in [0.3, 0.4) is 0 Å². The standard InChI is InChI=1S/C18H23N3O5S/c1-14-3-5-16(6-4-14)27(24,25)21-11-9-20(10-12-21)17(22)7-8-18(23)26-15(2)13-19/h3-6,15H,7-12H2,1-2H3/t15-/m0/s1. The summed E-state index contributed by atoms with van der Waals surface area (Å²) in [5.74, 6) is -0.832. The predicted molar refractivity (Wildman–Crippen MR) is 96.9 cm³/mol. The van der Waals surface area contributed by atoms with Gasteiger partial charge in [0.05, 0.1) is 11.3 Å². The van der Waals surface area contributed by atoms with Gasteiger partial charge in [0.1, 0.15) is 6.07 Å². The molecule has 0 spiro atoms. The third-order valence-corrected chi connectivity index (χ3v) is 6.20. The summed E-state index contributed by atoms with van der Waals surface area (Å²) >= 11 is 0. The number of aryl methyl sites for hydroxylation is 1. The van der Waals surface area contributed by atoms with Crippen LogP contribution in [0.25, 0.3) is 0 Å². The molecule has 2 rings (SSSR count). The topological polar surface area (TPSA) is 108 Å². The molecule has 1 atom stereocenters. The monoisotopic (exact) mass is 393 g/mol. The lowest BCUT2D eigenvalue weighted by Crippen LogP contribution is -2.50. The first-order valence-electron chi connectivity index (χ1n) is 8.67. The lowest BCUT2D eigenvalue weighted by molar-refractivity contribution is -0.148. The summed E-state index contributed by atoms with van der Waals surface area (Å²) in [4.78, 5) is 25.5. The molecule has 0 radical (unpaired) electrons. The molecular weight excluding hydrogens is 370 g/mol. The van der Waals surface area contributed by atoms with Gasteiger partial charge in [0.2, 0.25) is 15.9 Å². The van der Waals surface area contributed by atoms with Crippen molar-refractivity contribution in [3.05, 3.63) is 29.8 Å². The van der Waals surface area contributed by atoms with Crippen LogP contribution in [0.15, 0.2) is 29.2 Å². The van der Waals surface area contributed by atoms with E-state index in [1.807, 2.05) is 6.92 Å². The summed E-state index contributed by atoms with van der Waals surface area (Å²) in [5, 5.41) is 8.60. The fraction of sp³-hybridized carbons (Fsp3) is 0.500. The number of amides is 1. The second kappa shape index (κ2) is 8.97. The lowest BCUT2D eigenvalue weighted by atomic mass is 10.2. The third-order valence-electron chi connectivity index (χ3n) is 4.28. The summed E-state index contributed by atoms with van der Waals surface area (Å²) in [5.41, 5.74) is 0.979. The molecule has 9 heteroatoms. The lowest BCUT2D eigenvalue weighted by Gasteiger charge is -2.34. The minimum Gasteiger partial charge on any atom is -0.447 e. The van der Waals surface area contributed by atoms with Gasteiger partial charge in [-0.2, -0.15) is 9.57 Å². The number of ether oxygens (including phenoxy) is 1. The number of esters is 1. The van der Waals surface area contributed by atoms with E-state index in [1.54, 1.807) is 35.2 Å². The van der Waals surface area contributed by atoms with Crippen molar-refractivity contribution in [3.8, 4) is 6.07 Å². The van der Waals surface area contributed by atoms with Crippen molar-refractivity contribution >= 4 is 21.9 Å². The fourth-order valence-electron chi connectivity index (χ4n) is 2.69. The van der Waals surface area contributed by atoms with E-state index in [0.717, 1.165) is 5.56 Å². The molecule has 1 saturated heterocycles. The Morgan fingerprint density at radius 1 is 1.15 bits per heavy atom. The highest BCUT2D eigenvalue weighted by atomic mass is 32.2. The van der Waals surface area contributed by atoms with Gasteiger partial charge in [0.15, 0.2) is 6.10 Å². The maximum atomic E-state index is 12.7. The maximum Gasteiger partial charge on any atom is 0.307 e. The van der Waals surface area contributed by atoms with Crippen molar-refractivity contribution in [2.24, 2.45) is 0 Å². The van der Waals surface area contributed by atoms with Crippen LogP contribution in [-0.4, -0.2) is 61.8 Å². The first-order chi connectivity index (χ1) is 12.7. The van der Waals surface area contributed by atoms with Crippen molar-refractivity contribution in [2.75, 3.05) is 26.2 Å². The summed E-state index contributed by atoms with van der Waals surface area (Å²) in [7, 11) is -3.58. The minimum absolute atomic E-state index is 0.0261. The van der Waals surface area contributed by atoms with Gasteiger partial charge in [-0.1, -0.05) is 17.7 Å². The number of sulfonamides is 1. The predicted octanol–water partition coefficient (Wildman–Crippen LogP) is 1.06. The number of benzene rings is 1. The second-order valence-corrected chi connectivity index (χ2v) is 8.30. The van der Waals surface area contributed by atoms with Crippen molar-refractivity contribution in [3.63, 3.8) is 0 Å². The largest absolute Gasteiger partial charge is 0.447 e. The summed E-state index contributed by atoms with van der Waals surface area (Å²) in [6.45, 7) is 4.29. The molecule has 0 aliphatic carbocycles. The highest BCUT2D eigenvalue weighted by molar-refractivity contribution is 7.89. The Bertz CT molecular complexity index is 822. The molecular formula is C18H23N3O5S. The van der Waals surface area contributed by atoms with Crippen molar-refractivity contribution < 1.29 is 22.7 Å². The van der Waals surface area contributed by atoms with E-state index in [0.29, 0.717) is 0 Å². The van der Waals surface area contributed by atoms with Gasteiger partial charge >= 0.3 is 5.97 Å². The molecule has 0 unspecified atom stereocenters. The van der Waals surface area contributed by atoms with Gasteiger partial charge < -0.3 is 9.64 Å². The molecule has 0 N–H and O–H groups in total. The average Bonchev–Trinajstić information content (AvgIpc) is 2.66. The molecule has 0 saturated carbocycles. The summed E-state index contributed by atoms with van der Waals surface area (Å²) in [6.07, 6.45) is -0.975. The first-order valence-corrected chi connectivity index (χ1v) is 10.1. The number of carbonyl (C=O) groups is 2. The Morgan fingerprint density at radius 2 is 1.74 bits per heavy atom. The Labute approximate surface area is 159 Å². The third kappa shape index (κ3) is 5.52. The normalized spacial score (nSPS) is 16.4. The van der Waals surface area contributed by atoms with Gasteiger partial charge in [0.25, 0.3) is 0 Å². The van der Waals surface area contributed by atoms with Crippen LogP contribution in [0.4, 0.5) is 0 Å². The van der Waals surface area contributed by atoms with Gasteiger partial charge in [-0.3, -0.25) is 9.59 Å². The van der Waals surface area contributed by atoms with Crippen LogP contribution >= 0.6 is 0 Å². The molecule has 27 heavy (non-hydrogen) atoms. The van der Waals surface area contributed by atoms with Gasteiger partial charge in [-0.15, -0.1) is 0 Å². The Kier molecular flexibility index (Phi) is 6.93. The number of carbonyl (C=O) groups excluding carboxylic acids is 2. The fourth-order valence-corrected chi connectivity index (χ4v) is 4.11. The van der Waals surface area contributed by atoms with E-state index in [1.165, 1.54) is 11.2 Å². The van der Waals surface area contributed by atoms with E-state index in [2.05, 4.69) is 0 Å². The quantitative estimate of drug-likeness (QED) is 0.669. The van der Waals surface area contributed by atoms with Crippen molar-refractivity contribution in [2.45, 2.75) is 37.7 Å². The average molecular weight is 393 g/mol. The van der Waals surface area contributed by atoms with E-state index < -0.39 is 22.1 Å². The number of nitriles is 1. The Hall–Kier alpha value is -2.44. The van der Waals surface area contributed by atoms with Gasteiger partial charge in [-0.25, -0.2) is 8.42 Å². The second-order valence-electron chi connectivity index (χ2n) is 6.36. The number of hydrogen-bond donors (Lipinski definition) is 0. The summed E-state index contributed by atoms with van der Waals surface area (Å²) in [6, 6.07) is 8.44. The molecule has 0 bridgehead atoms. The molecule has 1 fully saturated rings. The van der Waals surface area contributed by atoms with Crippen LogP contribution in [0.2, 0.25) is 0 Å². The van der Waals surface area contributed by atoms with E-state index >= 15 is 0 Å². The van der Waals surface area contributed by atoms with Gasteiger partial charge in [0, 0.05) is 32.6 Å². The molecule has 146 valence electrons. The van der Waals surface area contributed by atoms with Crippen LogP contribution in [0.1, 0.15) is 25.3 Å². The summed E-state index contributed by atoms with van der Waals surface area (Å²) < 4.78 is 31.5. The van der Waals surface area contributed by atoms with Crippen molar-refractivity contribution in [1.82, 2.24) is 9.21 Å². The van der Waals surface area contributed by atoms with E-state index in [-0.39, 0.29) is 49.8 Å². The number of hydrogen-bond acceptors (Lipinski definition) is 6. The van der Waals surface area contributed by atoms with Crippen molar-refractivity contribution in [1.29, 1.82) is 5.26 Å².